The van der Waals surface area contributed by atoms with E-state index in [1.807, 2.05) is 54.6 Å². The quantitative estimate of drug-likeness (QED) is 0.281. The van der Waals surface area contributed by atoms with Crippen molar-refractivity contribution in [3.63, 3.8) is 0 Å². The molecule has 8 heteroatoms. The molecule has 0 N–H and O–H groups in total. The summed E-state index contributed by atoms with van der Waals surface area (Å²) >= 11 is 17.1. The third-order valence-electron chi connectivity index (χ3n) is 4.80. The van der Waals surface area contributed by atoms with Crippen molar-refractivity contribution in [2.45, 2.75) is 6.61 Å². The van der Waals surface area contributed by atoms with E-state index in [9.17, 15) is 4.79 Å². The lowest BCUT2D eigenvalue weighted by Crippen LogP contribution is -2.22. The number of rotatable bonds is 4. The SMILES string of the molecule is O=c1/c(=C/c2ccc(OCc3ccc(Cl)cc3Cl)c(Br)c2)sc2nc3ccccc3n12. The molecule has 5 aromatic rings. The highest BCUT2D eigenvalue weighted by Gasteiger charge is 2.11. The van der Waals surface area contributed by atoms with Crippen LogP contribution in [-0.4, -0.2) is 9.38 Å². The molecule has 0 aliphatic rings. The maximum Gasteiger partial charge on any atom is 0.274 e. The molecule has 31 heavy (non-hydrogen) atoms. The highest BCUT2D eigenvalue weighted by atomic mass is 79.9. The Balaban J connectivity index is 1.44. The van der Waals surface area contributed by atoms with Crippen LogP contribution in [0.25, 0.3) is 22.1 Å². The van der Waals surface area contributed by atoms with Crippen LogP contribution in [0.5, 0.6) is 5.75 Å². The van der Waals surface area contributed by atoms with E-state index in [1.165, 1.54) is 11.3 Å². The first kappa shape index (κ1) is 20.5. The predicted molar refractivity (Wildman–Crippen MR) is 131 cm³/mol. The normalized spacial score (nSPS) is 12.2. The summed E-state index contributed by atoms with van der Waals surface area (Å²) in [6, 6.07) is 18.6. The molecule has 0 unspecified atom stereocenters. The van der Waals surface area contributed by atoms with Crippen LogP contribution >= 0.6 is 50.5 Å². The number of halogens is 3. The second kappa shape index (κ2) is 8.28. The molecule has 2 aromatic heterocycles. The van der Waals surface area contributed by atoms with Gasteiger partial charge in [0.15, 0.2) is 4.96 Å². The molecular weight excluding hydrogens is 519 g/mol. The number of hydrogen-bond donors (Lipinski definition) is 0. The summed E-state index contributed by atoms with van der Waals surface area (Å²) in [6.45, 7) is 0.317. The van der Waals surface area contributed by atoms with Crippen LogP contribution in [-0.2, 0) is 6.61 Å². The largest absolute Gasteiger partial charge is 0.488 e. The highest BCUT2D eigenvalue weighted by molar-refractivity contribution is 9.10. The van der Waals surface area contributed by atoms with Gasteiger partial charge in [-0.2, -0.15) is 0 Å². The minimum absolute atomic E-state index is 0.0671. The molecular formula is C23H13BrCl2N2O2S. The molecule has 0 radical (unpaired) electrons. The van der Waals surface area contributed by atoms with Gasteiger partial charge in [-0.25, -0.2) is 9.38 Å². The van der Waals surface area contributed by atoms with Crippen LogP contribution < -0.4 is 14.8 Å². The van der Waals surface area contributed by atoms with Crippen LogP contribution in [0.3, 0.4) is 0 Å². The number of hydrogen-bond acceptors (Lipinski definition) is 4. The van der Waals surface area contributed by atoms with Crippen LogP contribution in [0.2, 0.25) is 10.0 Å². The Morgan fingerprint density at radius 3 is 2.74 bits per heavy atom. The molecule has 5 rings (SSSR count). The molecule has 0 atom stereocenters. The molecule has 154 valence electrons. The number of nitrogens with zero attached hydrogens (tertiary/aromatic N) is 2. The molecule has 4 nitrogen and oxygen atoms in total. The van der Waals surface area contributed by atoms with Gasteiger partial charge in [-0.1, -0.05) is 58.8 Å². The zero-order valence-electron chi connectivity index (χ0n) is 15.8. The molecule has 0 fully saturated rings. The predicted octanol–water partition coefficient (Wildman–Crippen LogP) is 6.11. The number of ether oxygens (including phenoxy) is 1. The number of thiazole rings is 1. The molecule has 0 amide bonds. The molecule has 0 aliphatic heterocycles. The zero-order chi connectivity index (χ0) is 21.5. The lowest BCUT2D eigenvalue weighted by molar-refractivity contribution is 0.304. The molecule has 0 saturated heterocycles. The zero-order valence-corrected chi connectivity index (χ0v) is 19.7. The van der Waals surface area contributed by atoms with Gasteiger partial charge in [0, 0.05) is 15.6 Å². The summed E-state index contributed by atoms with van der Waals surface area (Å²) in [7, 11) is 0. The van der Waals surface area contributed by atoms with Gasteiger partial charge < -0.3 is 4.74 Å². The first-order valence-electron chi connectivity index (χ1n) is 9.27. The Hall–Kier alpha value is -2.38. The molecule has 0 bridgehead atoms. The summed E-state index contributed by atoms with van der Waals surface area (Å²) in [5.74, 6) is 0.678. The second-order valence-corrected chi connectivity index (χ2v) is 9.56. The second-order valence-electron chi connectivity index (χ2n) is 6.85. The van der Waals surface area contributed by atoms with E-state index in [0.717, 1.165) is 26.6 Å². The molecule has 3 aromatic carbocycles. The average molecular weight is 532 g/mol. The van der Waals surface area contributed by atoms with Crippen molar-refractivity contribution in [1.82, 2.24) is 9.38 Å². The van der Waals surface area contributed by atoms with Gasteiger partial charge in [0.25, 0.3) is 5.56 Å². The van der Waals surface area contributed by atoms with Gasteiger partial charge in [-0.05, 0) is 64.0 Å². The number of imidazole rings is 1. The Labute approximate surface area is 199 Å². The Kier molecular flexibility index (Phi) is 5.48. The smallest absolute Gasteiger partial charge is 0.274 e. The molecule has 2 heterocycles. The number of aromatic nitrogens is 2. The Morgan fingerprint density at radius 2 is 1.94 bits per heavy atom. The van der Waals surface area contributed by atoms with E-state index in [0.29, 0.717) is 31.9 Å². The van der Waals surface area contributed by atoms with Crippen molar-refractivity contribution >= 4 is 72.5 Å². The first-order valence-corrected chi connectivity index (χ1v) is 11.6. The van der Waals surface area contributed by atoms with E-state index in [4.69, 9.17) is 27.9 Å². The van der Waals surface area contributed by atoms with E-state index >= 15 is 0 Å². The van der Waals surface area contributed by atoms with E-state index in [1.54, 1.807) is 16.5 Å². The summed E-state index contributed by atoms with van der Waals surface area (Å²) in [4.78, 5) is 18.2. The minimum atomic E-state index is -0.0671. The van der Waals surface area contributed by atoms with Gasteiger partial charge in [-0.3, -0.25) is 4.79 Å². The van der Waals surface area contributed by atoms with Crippen molar-refractivity contribution in [3.05, 3.63) is 101 Å². The van der Waals surface area contributed by atoms with E-state index in [2.05, 4.69) is 20.9 Å². The summed E-state index contributed by atoms with van der Waals surface area (Å²) < 4.78 is 8.97. The van der Waals surface area contributed by atoms with Gasteiger partial charge in [0.1, 0.15) is 12.4 Å². The first-order chi connectivity index (χ1) is 15.0. The third kappa shape index (κ3) is 3.96. The van der Waals surface area contributed by atoms with Crippen molar-refractivity contribution in [1.29, 1.82) is 0 Å². The maximum atomic E-state index is 12.9. The standard InChI is InChI=1S/C23H13BrCl2N2O2S/c24-16-9-13(5-8-20(16)30-12-14-6-7-15(25)11-17(14)26)10-21-22(29)28-19-4-2-1-3-18(19)27-23(28)31-21/h1-11H,12H2/b21-10-. The lowest BCUT2D eigenvalue weighted by Gasteiger charge is -2.10. The summed E-state index contributed by atoms with van der Waals surface area (Å²) in [6.07, 6.45) is 1.86. The van der Waals surface area contributed by atoms with Crippen LogP contribution in [0.1, 0.15) is 11.1 Å². The monoisotopic (exact) mass is 530 g/mol. The summed E-state index contributed by atoms with van der Waals surface area (Å²) in [5.41, 5.74) is 3.31. The average Bonchev–Trinajstić information content (AvgIpc) is 3.25. The molecule has 0 spiro atoms. The number of benzene rings is 3. The fourth-order valence-electron chi connectivity index (χ4n) is 3.28. The summed E-state index contributed by atoms with van der Waals surface area (Å²) in [5, 5.41) is 1.15. The van der Waals surface area contributed by atoms with Gasteiger partial charge in [0.2, 0.25) is 0 Å². The van der Waals surface area contributed by atoms with Crippen molar-refractivity contribution in [2.24, 2.45) is 0 Å². The Morgan fingerprint density at radius 1 is 1.10 bits per heavy atom. The molecule has 0 aliphatic carbocycles. The lowest BCUT2D eigenvalue weighted by atomic mass is 10.2. The van der Waals surface area contributed by atoms with Crippen LogP contribution in [0, 0.1) is 0 Å². The van der Waals surface area contributed by atoms with Crippen LogP contribution in [0.15, 0.2) is 69.9 Å². The minimum Gasteiger partial charge on any atom is -0.488 e. The van der Waals surface area contributed by atoms with Gasteiger partial charge in [0.05, 0.1) is 20.0 Å². The number of fused-ring (bicyclic) bond motifs is 3. The fourth-order valence-corrected chi connectivity index (χ4v) is 5.24. The molecule has 0 saturated carbocycles. The Bertz CT molecular complexity index is 1560. The van der Waals surface area contributed by atoms with Crippen molar-refractivity contribution < 1.29 is 4.74 Å². The third-order valence-corrected chi connectivity index (χ3v) is 6.97. The van der Waals surface area contributed by atoms with Crippen molar-refractivity contribution in [2.75, 3.05) is 0 Å². The highest BCUT2D eigenvalue weighted by Crippen LogP contribution is 2.29. The topological polar surface area (TPSA) is 43.6 Å². The maximum absolute atomic E-state index is 12.9. The van der Waals surface area contributed by atoms with E-state index < -0.39 is 0 Å². The van der Waals surface area contributed by atoms with E-state index in [-0.39, 0.29) is 5.56 Å². The van der Waals surface area contributed by atoms with Gasteiger partial charge >= 0.3 is 0 Å². The fraction of sp³-hybridized carbons (Fsp3) is 0.0435. The number of para-hydroxylation sites is 2. The van der Waals surface area contributed by atoms with Gasteiger partial charge in [-0.15, -0.1) is 0 Å². The van der Waals surface area contributed by atoms with Crippen LogP contribution in [0.4, 0.5) is 0 Å². The van der Waals surface area contributed by atoms with Crippen molar-refractivity contribution in [3.8, 4) is 5.75 Å².